The van der Waals surface area contributed by atoms with Gasteiger partial charge >= 0.3 is 0 Å². The highest BCUT2D eigenvalue weighted by atomic mass is 35.5. The quantitative estimate of drug-likeness (QED) is 0.898. The van der Waals surface area contributed by atoms with Crippen molar-refractivity contribution in [3.8, 4) is 0 Å². The van der Waals surface area contributed by atoms with E-state index in [1.54, 1.807) is 0 Å². The Morgan fingerprint density at radius 3 is 2.92 bits per heavy atom. The van der Waals surface area contributed by atoms with Gasteiger partial charge in [0.25, 0.3) is 0 Å². The summed E-state index contributed by atoms with van der Waals surface area (Å²) in [6, 6.07) is 7.99. The molecule has 1 amide bonds. The maximum Gasteiger partial charge on any atom is 0.223 e. The monoisotopic (exact) mass is 370 g/mol. The molecule has 6 heteroatoms. The molecule has 5 nitrogen and oxygen atoms in total. The summed E-state index contributed by atoms with van der Waals surface area (Å²) in [7, 11) is 0. The fourth-order valence-electron chi connectivity index (χ4n) is 3.68. The van der Waals surface area contributed by atoms with Crippen molar-refractivity contribution >= 4 is 17.5 Å². The van der Waals surface area contributed by atoms with Crippen LogP contribution in [0.15, 0.2) is 30.5 Å². The summed E-state index contributed by atoms with van der Waals surface area (Å²) in [5.74, 6) is 1.09. The fourth-order valence-corrected chi connectivity index (χ4v) is 3.80. The van der Waals surface area contributed by atoms with Crippen LogP contribution in [0, 0.1) is 0 Å². The molecule has 2 aliphatic rings. The van der Waals surface area contributed by atoms with Gasteiger partial charge in [0, 0.05) is 42.7 Å². The molecule has 136 valence electrons. The van der Waals surface area contributed by atoms with Crippen LogP contribution in [-0.2, 0) is 24.2 Å². The minimum Gasteiger partial charge on any atom is -0.338 e. The Morgan fingerprint density at radius 2 is 2.15 bits per heavy atom. The van der Waals surface area contributed by atoms with Gasteiger partial charge in [-0.1, -0.05) is 23.7 Å². The highest BCUT2D eigenvalue weighted by Crippen LogP contribution is 2.23. The number of hydrogen-bond acceptors (Lipinski definition) is 4. The van der Waals surface area contributed by atoms with Crippen molar-refractivity contribution < 1.29 is 4.79 Å². The van der Waals surface area contributed by atoms with Crippen molar-refractivity contribution in [2.45, 2.75) is 44.7 Å². The predicted octanol–water partition coefficient (Wildman–Crippen LogP) is 3.07. The Bertz CT molecular complexity index is 787. The van der Waals surface area contributed by atoms with E-state index in [9.17, 15) is 4.79 Å². The van der Waals surface area contributed by atoms with E-state index in [0.29, 0.717) is 19.0 Å². The molecule has 1 fully saturated rings. The number of hydrogen-bond donors (Lipinski definition) is 1. The minimum atomic E-state index is 0.187. The fraction of sp³-hybridized carbons (Fsp3) is 0.450. The van der Waals surface area contributed by atoms with Crippen molar-refractivity contribution in [3.63, 3.8) is 0 Å². The third kappa shape index (κ3) is 3.89. The molecule has 1 N–H and O–H groups in total. The lowest BCUT2D eigenvalue weighted by molar-refractivity contribution is -0.132. The van der Waals surface area contributed by atoms with Crippen LogP contribution in [0.3, 0.4) is 0 Å². The van der Waals surface area contributed by atoms with Crippen LogP contribution < -0.4 is 5.32 Å². The van der Waals surface area contributed by atoms with E-state index in [1.807, 2.05) is 35.4 Å². The molecule has 0 bridgehead atoms. The van der Waals surface area contributed by atoms with Gasteiger partial charge in [-0.2, -0.15) is 0 Å². The number of carbonyl (C=O) groups excluding carboxylic acids is 1. The first kappa shape index (κ1) is 17.4. The zero-order valence-electron chi connectivity index (χ0n) is 14.7. The molecule has 1 aromatic carbocycles. The Morgan fingerprint density at radius 1 is 1.31 bits per heavy atom. The number of amides is 1. The normalized spacial score (nSPS) is 19.4. The number of nitrogens with zero attached hydrogens (tertiary/aromatic N) is 3. The van der Waals surface area contributed by atoms with E-state index in [1.165, 1.54) is 6.42 Å². The van der Waals surface area contributed by atoms with Crippen LogP contribution in [0.2, 0.25) is 5.02 Å². The Balaban J connectivity index is 1.36. The maximum atomic E-state index is 12.6. The molecule has 0 spiro atoms. The van der Waals surface area contributed by atoms with Crippen LogP contribution in [0.25, 0.3) is 0 Å². The van der Waals surface area contributed by atoms with E-state index >= 15 is 0 Å². The first-order chi connectivity index (χ1) is 12.7. The number of halogens is 1. The number of aromatic nitrogens is 2. The highest BCUT2D eigenvalue weighted by Gasteiger charge is 2.24. The SMILES string of the molecule is O=C(CCc1ccc(Cl)cc1)N1CCc2nc([C@@H]3CCCN3)ncc2C1. The van der Waals surface area contributed by atoms with Gasteiger partial charge in [-0.15, -0.1) is 0 Å². The number of carbonyl (C=O) groups is 1. The van der Waals surface area contributed by atoms with Gasteiger partial charge in [-0.3, -0.25) is 4.79 Å². The Labute approximate surface area is 158 Å². The number of nitrogens with one attached hydrogen (secondary N) is 1. The summed E-state index contributed by atoms with van der Waals surface area (Å²) in [5.41, 5.74) is 3.32. The summed E-state index contributed by atoms with van der Waals surface area (Å²) >= 11 is 5.91. The van der Waals surface area contributed by atoms with Crippen LogP contribution in [-0.4, -0.2) is 33.9 Å². The molecule has 1 atom stereocenters. The van der Waals surface area contributed by atoms with E-state index < -0.39 is 0 Å². The van der Waals surface area contributed by atoms with Crippen molar-refractivity contribution in [2.24, 2.45) is 0 Å². The van der Waals surface area contributed by atoms with Gasteiger partial charge in [-0.05, 0) is 43.5 Å². The molecule has 3 heterocycles. The molecule has 26 heavy (non-hydrogen) atoms. The molecular formula is C20H23ClN4O. The predicted molar refractivity (Wildman–Crippen MR) is 101 cm³/mol. The summed E-state index contributed by atoms with van der Waals surface area (Å²) < 4.78 is 0. The maximum absolute atomic E-state index is 12.6. The van der Waals surface area contributed by atoms with E-state index in [-0.39, 0.29) is 5.91 Å². The van der Waals surface area contributed by atoms with Crippen LogP contribution in [0.5, 0.6) is 0 Å². The van der Waals surface area contributed by atoms with Crippen molar-refractivity contribution in [1.82, 2.24) is 20.2 Å². The molecule has 0 saturated carbocycles. The second kappa shape index (κ2) is 7.72. The number of rotatable bonds is 4. The summed E-state index contributed by atoms with van der Waals surface area (Å²) in [4.78, 5) is 23.8. The number of aryl methyl sites for hydroxylation is 1. The minimum absolute atomic E-state index is 0.187. The molecule has 2 aromatic rings. The number of benzene rings is 1. The zero-order valence-corrected chi connectivity index (χ0v) is 15.5. The van der Waals surface area contributed by atoms with Gasteiger partial charge in [0.1, 0.15) is 5.82 Å². The Kier molecular flexibility index (Phi) is 5.18. The van der Waals surface area contributed by atoms with Crippen molar-refractivity contribution in [1.29, 1.82) is 0 Å². The summed E-state index contributed by atoms with van der Waals surface area (Å²) in [6.07, 6.45) is 6.26. The third-order valence-corrected chi connectivity index (χ3v) is 5.47. The highest BCUT2D eigenvalue weighted by molar-refractivity contribution is 6.30. The molecule has 0 unspecified atom stereocenters. The van der Waals surface area contributed by atoms with Crippen LogP contribution in [0.4, 0.5) is 0 Å². The van der Waals surface area contributed by atoms with Crippen molar-refractivity contribution in [2.75, 3.05) is 13.1 Å². The molecule has 0 radical (unpaired) electrons. The molecule has 0 aliphatic carbocycles. The molecule has 1 saturated heterocycles. The molecular weight excluding hydrogens is 348 g/mol. The third-order valence-electron chi connectivity index (χ3n) is 5.22. The lowest BCUT2D eigenvalue weighted by atomic mass is 10.0. The first-order valence-corrected chi connectivity index (χ1v) is 9.67. The van der Waals surface area contributed by atoms with Gasteiger partial charge in [0.05, 0.1) is 11.7 Å². The first-order valence-electron chi connectivity index (χ1n) is 9.29. The smallest absolute Gasteiger partial charge is 0.223 e. The second-order valence-corrected chi connectivity index (χ2v) is 7.48. The molecule has 2 aliphatic heterocycles. The standard InChI is InChI=1S/C20H23ClN4O/c21-16-6-3-14(4-7-16)5-8-19(26)25-11-9-17-15(13-25)12-23-20(24-17)18-2-1-10-22-18/h3-4,6-7,12,18,22H,1-2,5,8-11,13H2/t18-/m0/s1. The lowest BCUT2D eigenvalue weighted by Gasteiger charge is -2.28. The van der Waals surface area contributed by atoms with Crippen LogP contribution >= 0.6 is 11.6 Å². The average molecular weight is 371 g/mol. The second-order valence-electron chi connectivity index (χ2n) is 7.04. The summed E-state index contributed by atoms with van der Waals surface area (Å²) in [5, 5.41) is 4.17. The average Bonchev–Trinajstić information content (AvgIpc) is 3.21. The van der Waals surface area contributed by atoms with E-state index in [0.717, 1.165) is 60.0 Å². The van der Waals surface area contributed by atoms with Gasteiger partial charge in [0.2, 0.25) is 5.91 Å². The van der Waals surface area contributed by atoms with Gasteiger partial charge in [-0.25, -0.2) is 9.97 Å². The largest absolute Gasteiger partial charge is 0.338 e. The van der Waals surface area contributed by atoms with Gasteiger partial charge in [0.15, 0.2) is 0 Å². The topological polar surface area (TPSA) is 58.1 Å². The molecule has 4 rings (SSSR count). The number of fused-ring (bicyclic) bond motifs is 1. The zero-order chi connectivity index (χ0) is 17.9. The Hall–Kier alpha value is -1.98. The van der Waals surface area contributed by atoms with Crippen molar-refractivity contribution in [3.05, 3.63) is 58.1 Å². The lowest BCUT2D eigenvalue weighted by Crippen LogP contribution is -2.37. The molecule has 1 aromatic heterocycles. The van der Waals surface area contributed by atoms with Crippen LogP contribution in [0.1, 0.15) is 47.9 Å². The van der Waals surface area contributed by atoms with E-state index in [4.69, 9.17) is 16.6 Å². The van der Waals surface area contributed by atoms with Gasteiger partial charge < -0.3 is 10.2 Å². The van der Waals surface area contributed by atoms with E-state index in [2.05, 4.69) is 10.3 Å². The summed E-state index contributed by atoms with van der Waals surface area (Å²) in [6.45, 7) is 2.40.